The summed E-state index contributed by atoms with van der Waals surface area (Å²) < 4.78 is 7.28. The Bertz CT molecular complexity index is 1760. The number of hydrogen-bond acceptors (Lipinski definition) is 5. The van der Waals surface area contributed by atoms with Crippen LogP contribution in [0.4, 0.5) is 17.2 Å². The molecular weight excluding hydrogens is 464 g/mol. The minimum atomic E-state index is -0.294. The van der Waals surface area contributed by atoms with E-state index in [-0.39, 0.29) is 17.3 Å². The molecule has 7 rings (SSSR count). The van der Waals surface area contributed by atoms with Crippen molar-refractivity contribution in [3.05, 3.63) is 112 Å². The minimum absolute atomic E-state index is 0.261. The fourth-order valence-corrected chi connectivity index (χ4v) is 5.48. The third-order valence-electron chi connectivity index (χ3n) is 7.19. The molecule has 3 heterocycles. The summed E-state index contributed by atoms with van der Waals surface area (Å²) in [7, 11) is 1.66. The van der Waals surface area contributed by atoms with Crippen molar-refractivity contribution in [1.29, 1.82) is 0 Å². The first-order valence-electron chi connectivity index (χ1n) is 12.3. The summed E-state index contributed by atoms with van der Waals surface area (Å²) in [5, 5.41) is 16.5. The third-order valence-corrected chi connectivity index (χ3v) is 7.19. The van der Waals surface area contributed by atoms with Gasteiger partial charge in [-0.1, -0.05) is 48.5 Å². The molecule has 8 heteroatoms. The van der Waals surface area contributed by atoms with Gasteiger partial charge >= 0.3 is 0 Å². The average Bonchev–Trinajstić information content (AvgIpc) is 3.48. The fourth-order valence-electron chi connectivity index (χ4n) is 5.48. The van der Waals surface area contributed by atoms with Crippen LogP contribution in [0.5, 0.6) is 5.75 Å². The molecule has 3 aromatic carbocycles. The summed E-state index contributed by atoms with van der Waals surface area (Å²) in [5.74, 6) is 1.39. The van der Waals surface area contributed by atoms with Crippen molar-refractivity contribution in [3.8, 4) is 5.75 Å². The summed E-state index contributed by atoms with van der Waals surface area (Å²) in [6.07, 6.45) is 1.72. The molecule has 0 radical (unpaired) electrons. The Morgan fingerprint density at radius 1 is 0.919 bits per heavy atom. The predicted octanol–water partition coefficient (Wildman–Crippen LogP) is 6.45. The smallest absolute Gasteiger partial charge is 0.294 e. The molecule has 182 valence electrons. The molecule has 1 atom stereocenters. The maximum absolute atomic E-state index is 13.2. The number of methoxy groups -OCH3 is 1. The molecule has 0 amide bonds. The number of nitrogens with one attached hydrogen (secondary N) is 3. The van der Waals surface area contributed by atoms with Gasteiger partial charge in [-0.25, -0.2) is 0 Å². The van der Waals surface area contributed by atoms with E-state index >= 15 is 0 Å². The molecule has 1 aliphatic carbocycles. The van der Waals surface area contributed by atoms with Crippen LogP contribution in [0.25, 0.3) is 16.5 Å². The van der Waals surface area contributed by atoms with E-state index in [1.54, 1.807) is 7.11 Å². The maximum Gasteiger partial charge on any atom is 0.294 e. The highest BCUT2D eigenvalue weighted by molar-refractivity contribution is 5.93. The number of benzene rings is 3. The standard InChI is InChI=1S/C29H24N6O2/c1-37-19-13-11-17(12-14-19)27-24-23(16-15-21-20-9-5-6-10-22(20)30-25(21)24)31-28-26(29(36)34-35(27)28)33-32-18-7-3-2-4-8-18/h2-14,27,30-31H,15-16H2,1H3,(H,34,36). The first kappa shape index (κ1) is 21.4. The first-order chi connectivity index (χ1) is 18.2. The first-order valence-corrected chi connectivity index (χ1v) is 12.3. The Hall–Kier alpha value is -4.85. The van der Waals surface area contributed by atoms with Gasteiger partial charge in [-0.2, -0.15) is 5.11 Å². The lowest BCUT2D eigenvalue weighted by atomic mass is 9.84. The number of hydrogen-bond donors (Lipinski definition) is 3. The van der Waals surface area contributed by atoms with Crippen LogP contribution < -0.4 is 15.6 Å². The molecular formula is C29H24N6O2. The summed E-state index contributed by atoms with van der Waals surface area (Å²) in [5.41, 5.74) is 7.39. The van der Waals surface area contributed by atoms with Crippen LogP contribution in [0.3, 0.4) is 0 Å². The number of azo groups is 1. The third kappa shape index (κ3) is 3.41. The molecule has 0 bridgehead atoms. The van der Waals surface area contributed by atoms with E-state index in [2.05, 4.69) is 43.8 Å². The second-order valence-electron chi connectivity index (χ2n) is 9.26. The number of rotatable bonds is 4. The van der Waals surface area contributed by atoms with Crippen molar-refractivity contribution in [3.63, 3.8) is 0 Å². The largest absolute Gasteiger partial charge is 0.497 e. The van der Waals surface area contributed by atoms with E-state index < -0.39 is 0 Å². The number of aryl methyl sites for hydroxylation is 1. The van der Waals surface area contributed by atoms with Gasteiger partial charge in [0.25, 0.3) is 5.56 Å². The predicted molar refractivity (Wildman–Crippen MR) is 144 cm³/mol. The topological polar surface area (TPSA) is 99.6 Å². The quantitative estimate of drug-likeness (QED) is 0.253. The number of allylic oxidation sites excluding steroid dienone is 2. The highest BCUT2D eigenvalue weighted by Crippen LogP contribution is 2.48. The molecule has 2 aromatic heterocycles. The highest BCUT2D eigenvalue weighted by atomic mass is 16.5. The Labute approximate surface area is 212 Å². The molecule has 0 spiro atoms. The molecule has 8 nitrogen and oxygen atoms in total. The summed E-state index contributed by atoms with van der Waals surface area (Å²) in [6, 6.07) is 25.5. The molecule has 0 saturated heterocycles. The zero-order chi connectivity index (χ0) is 24.9. The van der Waals surface area contributed by atoms with Crippen LogP contribution in [0.15, 0.2) is 99.6 Å². The number of para-hydroxylation sites is 1. The normalized spacial score (nSPS) is 16.4. The number of aromatic nitrogens is 3. The van der Waals surface area contributed by atoms with Crippen LogP contribution in [-0.2, 0) is 6.42 Å². The second kappa shape index (κ2) is 8.37. The van der Waals surface area contributed by atoms with Gasteiger partial charge in [0.05, 0.1) is 12.8 Å². The van der Waals surface area contributed by atoms with E-state index in [1.165, 1.54) is 10.9 Å². The van der Waals surface area contributed by atoms with E-state index in [0.29, 0.717) is 11.5 Å². The second-order valence-corrected chi connectivity index (χ2v) is 9.26. The summed E-state index contributed by atoms with van der Waals surface area (Å²) >= 11 is 0. The van der Waals surface area contributed by atoms with Gasteiger partial charge in [0.1, 0.15) is 11.8 Å². The molecule has 1 unspecified atom stereocenters. The van der Waals surface area contributed by atoms with E-state index in [4.69, 9.17) is 4.74 Å². The van der Waals surface area contributed by atoms with Crippen LogP contribution in [-0.4, -0.2) is 21.9 Å². The molecule has 2 aliphatic rings. The van der Waals surface area contributed by atoms with Gasteiger partial charge in [-0.05, 0) is 54.3 Å². The Morgan fingerprint density at radius 3 is 2.51 bits per heavy atom. The Morgan fingerprint density at radius 2 is 1.70 bits per heavy atom. The highest BCUT2D eigenvalue weighted by Gasteiger charge is 2.37. The van der Waals surface area contributed by atoms with E-state index in [0.717, 1.165) is 46.6 Å². The lowest BCUT2D eigenvalue weighted by Gasteiger charge is -2.34. The number of anilines is 1. The van der Waals surface area contributed by atoms with Crippen molar-refractivity contribution in [1.82, 2.24) is 14.8 Å². The summed E-state index contributed by atoms with van der Waals surface area (Å²) in [4.78, 5) is 16.8. The number of aromatic amines is 2. The number of nitrogens with zero attached hydrogens (tertiary/aromatic N) is 3. The number of fused-ring (bicyclic) bond motifs is 5. The lowest BCUT2D eigenvalue weighted by Crippen LogP contribution is -2.27. The number of H-pyrrole nitrogens is 2. The van der Waals surface area contributed by atoms with Gasteiger partial charge < -0.3 is 15.0 Å². The molecule has 1 aliphatic heterocycles. The van der Waals surface area contributed by atoms with Crippen molar-refractivity contribution in [2.75, 3.05) is 12.4 Å². The van der Waals surface area contributed by atoms with Crippen molar-refractivity contribution < 1.29 is 4.74 Å². The Balaban J connectivity index is 1.43. The average molecular weight is 489 g/mol. The zero-order valence-corrected chi connectivity index (χ0v) is 20.2. The molecule has 5 aromatic rings. The van der Waals surface area contributed by atoms with Gasteiger partial charge in [-0.3, -0.25) is 14.6 Å². The van der Waals surface area contributed by atoms with Crippen molar-refractivity contribution >= 4 is 33.7 Å². The minimum Gasteiger partial charge on any atom is -0.497 e. The van der Waals surface area contributed by atoms with Gasteiger partial charge in [0.2, 0.25) is 0 Å². The fraction of sp³-hybridized carbons (Fsp3) is 0.138. The van der Waals surface area contributed by atoms with Crippen LogP contribution in [0.1, 0.15) is 29.3 Å². The molecule has 3 N–H and O–H groups in total. The molecule has 37 heavy (non-hydrogen) atoms. The van der Waals surface area contributed by atoms with Crippen molar-refractivity contribution in [2.24, 2.45) is 10.2 Å². The van der Waals surface area contributed by atoms with Gasteiger partial charge in [-0.15, -0.1) is 5.11 Å². The SMILES string of the molecule is COc1ccc(C2C3=C(CCc4c3[nH]c3ccccc43)Nc3c(N=Nc4ccccc4)c(=O)[nH]n32)cc1. The van der Waals surface area contributed by atoms with E-state index in [9.17, 15) is 4.79 Å². The Kier molecular flexibility index (Phi) is 4.85. The molecule has 0 saturated carbocycles. The van der Waals surface area contributed by atoms with E-state index in [1.807, 2.05) is 65.3 Å². The van der Waals surface area contributed by atoms with Crippen LogP contribution >= 0.6 is 0 Å². The van der Waals surface area contributed by atoms with Gasteiger partial charge in [0, 0.05) is 27.9 Å². The van der Waals surface area contributed by atoms with Gasteiger partial charge in [0.15, 0.2) is 11.5 Å². The van der Waals surface area contributed by atoms with Crippen LogP contribution in [0, 0.1) is 0 Å². The van der Waals surface area contributed by atoms with Crippen molar-refractivity contribution in [2.45, 2.75) is 18.9 Å². The monoisotopic (exact) mass is 488 g/mol. The number of ether oxygens (including phenoxy) is 1. The zero-order valence-electron chi connectivity index (χ0n) is 20.2. The molecule has 0 fully saturated rings. The summed E-state index contributed by atoms with van der Waals surface area (Å²) in [6.45, 7) is 0. The van der Waals surface area contributed by atoms with Crippen LogP contribution in [0.2, 0.25) is 0 Å². The maximum atomic E-state index is 13.2. The lowest BCUT2D eigenvalue weighted by molar-refractivity contribution is 0.414.